The van der Waals surface area contributed by atoms with Crippen molar-refractivity contribution in [3.63, 3.8) is 0 Å². The Labute approximate surface area is 103 Å². The van der Waals surface area contributed by atoms with Crippen LogP contribution in [0, 0.1) is 0 Å². The molecule has 1 rings (SSSR count). The van der Waals surface area contributed by atoms with Crippen molar-refractivity contribution in [2.75, 3.05) is 19.6 Å². The van der Waals surface area contributed by atoms with E-state index in [2.05, 4.69) is 13.2 Å². The van der Waals surface area contributed by atoms with Crippen molar-refractivity contribution in [1.29, 1.82) is 0 Å². The molecule has 0 unspecified atom stereocenters. The maximum atomic E-state index is 5.43. The van der Waals surface area contributed by atoms with Gasteiger partial charge in [-0.15, -0.1) is 0 Å². The van der Waals surface area contributed by atoms with Crippen LogP contribution >= 0.6 is 12.2 Å². The van der Waals surface area contributed by atoms with Crippen LogP contribution in [0.15, 0.2) is 25.3 Å². The summed E-state index contributed by atoms with van der Waals surface area (Å²) in [6.07, 6.45) is 7.07. The van der Waals surface area contributed by atoms with E-state index in [1.165, 1.54) is 0 Å². The fourth-order valence-corrected chi connectivity index (χ4v) is 2.62. The summed E-state index contributed by atoms with van der Waals surface area (Å²) < 4.78 is 2.49. The van der Waals surface area contributed by atoms with Gasteiger partial charge >= 0.3 is 17.4 Å². The van der Waals surface area contributed by atoms with E-state index in [0.717, 1.165) is 43.9 Å². The second-order valence-corrected chi connectivity index (χ2v) is 4.70. The van der Waals surface area contributed by atoms with Crippen LogP contribution in [-0.4, -0.2) is 33.3 Å². The predicted octanol–water partition coefficient (Wildman–Crippen LogP) is 2.34. The van der Waals surface area contributed by atoms with E-state index in [1.54, 1.807) is 0 Å². The molecule has 0 amide bonds. The van der Waals surface area contributed by atoms with Gasteiger partial charge in [0.2, 0.25) is 0 Å². The SMILES string of the molecule is C=CC[N+]1(CC=C)CCCCC(=S)[N+]1=S. The van der Waals surface area contributed by atoms with Crippen LogP contribution < -0.4 is 0 Å². The Balaban J connectivity index is 2.99. The van der Waals surface area contributed by atoms with Crippen LogP contribution in [0.1, 0.15) is 19.3 Å². The summed E-state index contributed by atoms with van der Waals surface area (Å²) in [5.41, 5.74) is 0. The molecule has 0 radical (unpaired) electrons. The number of rotatable bonds is 4. The van der Waals surface area contributed by atoms with Crippen LogP contribution in [0.2, 0.25) is 0 Å². The molecule has 4 heteroatoms. The van der Waals surface area contributed by atoms with E-state index in [9.17, 15) is 0 Å². The molecule has 0 spiro atoms. The summed E-state index contributed by atoms with van der Waals surface area (Å²) in [5, 5.41) is 0. The monoisotopic (exact) mass is 242 g/mol. The summed E-state index contributed by atoms with van der Waals surface area (Å²) in [6, 6.07) is 0. The second kappa shape index (κ2) is 5.58. The van der Waals surface area contributed by atoms with Crippen LogP contribution in [0.25, 0.3) is 0 Å². The molecule has 0 aliphatic carbocycles. The van der Waals surface area contributed by atoms with Gasteiger partial charge in [-0.05, 0) is 30.8 Å². The normalized spacial score (nSPS) is 20.8. The van der Waals surface area contributed by atoms with Gasteiger partial charge in [0.05, 0.1) is 10.5 Å². The van der Waals surface area contributed by atoms with Gasteiger partial charge in [-0.25, -0.2) is 0 Å². The van der Waals surface area contributed by atoms with Gasteiger partial charge < -0.3 is 0 Å². The number of nitrogens with zero attached hydrogens (tertiary/aromatic N) is 2. The first-order chi connectivity index (χ1) is 7.16. The van der Waals surface area contributed by atoms with Crippen molar-refractivity contribution in [2.45, 2.75) is 19.3 Å². The lowest BCUT2D eigenvalue weighted by atomic mass is 10.2. The highest BCUT2D eigenvalue weighted by atomic mass is 32.1. The summed E-state index contributed by atoms with van der Waals surface area (Å²) in [5.74, 6) is 0. The van der Waals surface area contributed by atoms with Crippen molar-refractivity contribution in [3.05, 3.63) is 25.3 Å². The van der Waals surface area contributed by atoms with E-state index >= 15 is 0 Å². The van der Waals surface area contributed by atoms with E-state index in [-0.39, 0.29) is 0 Å². The van der Waals surface area contributed by atoms with Gasteiger partial charge in [-0.2, -0.15) is 0 Å². The van der Waals surface area contributed by atoms with E-state index in [1.807, 2.05) is 16.2 Å². The minimum Gasteiger partial charge on any atom is -0.0973 e. The predicted molar refractivity (Wildman–Crippen MR) is 69.3 cm³/mol. The minimum absolute atomic E-state index is 0.682. The Morgan fingerprint density at radius 2 is 1.87 bits per heavy atom. The zero-order valence-corrected chi connectivity index (χ0v) is 10.7. The average molecular weight is 242 g/mol. The number of thiocarbonyl (C=S) groups is 1. The zero-order chi connectivity index (χ0) is 11.3. The highest BCUT2D eigenvalue weighted by Gasteiger charge is 2.42. The highest BCUT2D eigenvalue weighted by Crippen LogP contribution is 2.18. The van der Waals surface area contributed by atoms with Crippen LogP contribution in [-0.2, 0) is 12.4 Å². The van der Waals surface area contributed by atoms with Crippen LogP contribution in [0.3, 0.4) is 0 Å². The molecule has 0 aromatic heterocycles. The zero-order valence-electron chi connectivity index (χ0n) is 9.02. The highest BCUT2D eigenvalue weighted by molar-refractivity contribution is 7.80. The smallest absolute Gasteiger partial charge is 0.0973 e. The summed E-state index contributed by atoms with van der Waals surface area (Å²) in [4.78, 5) is 0.881. The fraction of sp³-hybridized carbons (Fsp3) is 0.545. The maximum absolute atomic E-state index is 5.43. The Bertz CT molecular complexity index is 287. The standard InChI is InChI=1S/C11H18N2S2/c1-3-8-13(9-4-2)10-6-5-7-11(14)12(13)15/h3-4H,1-2,5-10H2/q+2. The third-order valence-electron chi connectivity index (χ3n) is 2.75. The average Bonchev–Trinajstić information content (AvgIpc) is 2.34. The Morgan fingerprint density at radius 1 is 1.27 bits per heavy atom. The molecular formula is C11H18N2S2+2. The van der Waals surface area contributed by atoms with Crippen molar-refractivity contribution in [2.24, 2.45) is 0 Å². The lowest BCUT2D eigenvalue weighted by molar-refractivity contribution is -1.28. The molecule has 0 saturated carbocycles. The van der Waals surface area contributed by atoms with Gasteiger partial charge in [0, 0.05) is 6.42 Å². The van der Waals surface area contributed by atoms with E-state index in [4.69, 9.17) is 24.6 Å². The molecule has 0 aromatic rings. The Hall–Kier alpha value is -0.450. The molecular weight excluding hydrogens is 224 g/mol. The van der Waals surface area contributed by atoms with Gasteiger partial charge in [0.25, 0.3) is 0 Å². The first kappa shape index (κ1) is 12.6. The first-order valence-corrected chi connectivity index (χ1v) is 6.02. The molecule has 1 heterocycles. The molecule has 0 atom stereocenters. The quantitative estimate of drug-likeness (QED) is 0.322. The molecule has 2 nitrogen and oxygen atoms in total. The van der Waals surface area contributed by atoms with E-state index < -0.39 is 0 Å². The topological polar surface area (TPSA) is 3.01 Å². The van der Waals surface area contributed by atoms with Gasteiger partial charge in [-0.1, -0.05) is 17.7 Å². The molecule has 1 saturated heterocycles. The number of hydrogen-bond donors (Lipinski definition) is 0. The summed E-state index contributed by atoms with van der Waals surface area (Å²) >= 11 is 10.8. The first-order valence-electron chi connectivity index (χ1n) is 5.25. The minimum atomic E-state index is 0.682. The Kier molecular flexibility index (Phi) is 4.70. The third-order valence-corrected chi connectivity index (χ3v) is 3.81. The summed E-state index contributed by atoms with van der Waals surface area (Å²) in [6.45, 7) is 10.3. The molecule has 0 aromatic carbocycles. The summed E-state index contributed by atoms with van der Waals surface area (Å²) in [7, 11) is 0. The van der Waals surface area contributed by atoms with Gasteiger partial charge in [0.1, 0.15) is 6.54 Å². The van der Waals surface area contributed by atoms with E-state index in [0.29, 0.717) is 4.59 Å². The fourth-order valence-electron chi connectivity index (χ4n) is 1.99. The largest absolute Gasteiger partial charge is 0.339 e. The van der Waals surface area contributed by atoms with Crippen molar-refractivity contribution >= 4 is 29.6 Å². The van der Waals surface area contributed by atoms with Crippen molar-refractivity contribution in [1.82, 2.24) is 0 Å². The second-order valence-electron chi connectivity index (χ2n) is 3.88. The van der Waals surface area contributed by atoms with Crippen molar-refractivity contribution < 1.29 is 8.65 Å². The number of quaternary nitrogens is 1. The molecule has 0 N–H and O–H groups in total. The molecule has 0 bridgehead atoms. The maximum Gasteiger partial charge on any atom is 0.339 e. The van der Waals surface area contributed by atoms with Gasteiger partial charge in [-0.3, -0.25) is 0 Å². The van der Waals surface area contributed by atoms with Gasteiger partial charge in [0.15, 0.2) is 13.1 Å². The number of hydrogen-bond acceptors (Lipinski definition) is 2. The molecule has 1 aliphatic heterocycles. The Morgan fingerprint density at radius 3 is 2.40 bits per heavy atom. The molecule has 1 fully saturated rings. The molecule has 82 valence electrons. The lowest BCUT2D eigenvalue weighted by Gasteiger charge is -2.26. The van der Waals surface area contributed by atoms with Crippen LogP contribution in [0.5, 0.6) is 0 Å². The molecule has 15 heavy (non-hydrogen) atoms. The molecule has 1 aliphatic rings. The van der Waals surface area contributed by atoms with Crippen LogP contribution in [0.4, 0.5) is 0 Å². The lowest BCUT2D eigenvalue weighted by Crippen LogP contribution is -2.55. The van der Waals surface area contributed by atoms with Crippen molar-refractivity contribution in [3.8, 4) is 0 Å². The third kappa shape index (κ3) is 2.77.